The molecule has 5 nitrogen and oxygen atoms in total. The van der Waals surface area contributed by atoms with Gasteiger partial charge in [0.05, 0.1) is 41.6 Å². The summed E-state index contributed by atoms with van der Waals surface area (Å²) in [5, 5.41) is 0.785. The smallest absolute Gasteiger partial charge is 0.187 e. The summed E-state index contributed by atoms with van der Waals surface area (Å²) < 4.78 is 11.3. The van der Waals surface area contributed by atoms with Crippen LogP contribution in [0.4, 0.5) is 0 Å². The van der Waals surface area contributed by atoms with Crippen molar-refractivity contribution >= 4 is 29.0 Å². The Bertz CT molecular complexity index is 777. The van der Waals surface area contributed by atoms with Crippen LogP contribution >= 0.6 is 23.2 Å². The van der Waals surface area contributed by atoms with Gasteiger partial charge in [0.25, 0.3) is 0 Å². The molecule has 0 spiro atoms. The molecule has 2 aromatic rings. The molecule has 0 radical (unpaired) electrons. The molecule has 1 fully saturated rings. The fourth-order valence-electron chi connectivity index (χ4n) is 2.82. The summed E-state index contributed by atoms with van der Waals surface area (Å²) >= 11 is 11.9. The van der Waals surface area contributed by atoms with Gasteiger partial charge >= 0.3 is 0 Å². The number of Topliss-reactive ketones (excluding diaryl/α,β-unsaturated/α-hetero) is 1. The van der Waals surface area contributed by atoms with Gasteiger partial charge in [-0.3, -0.25) is 9.78 Å². The number of carbonyl (C=O) groups is 1. The molecule has 7 heteroatoms. The molecule has 0 N–H and O–H groups in total. The number of rotatable bonds is 6. The fraction of sp³-hybridized carbons (Fsp3) is 0.389. The number of halogens is 2. The van der Waals surface area contributed by atoms with Gasteiger partial charge in [0.2, 0.25) is 0 Å². The molecule has 0 atom stereocenters. The predicted molar refractivity (Wildman–Crippen MR) is 96.0 cm³/mol. The molecule has 0 bridgehead atoms. The first-order chi connectivity index (χ1) is 12.1. The van der Waals surface area contributed by atoms with Crippen LogP contribution in [-0.4, -0.2) is 29.0 Å². The number of methoxy groups -OCH3 is 1. The number of carbonyl (C=O) groups excluding carboxylic acids is 1. The number of aromatic nitrogens is 2. The van der Waals surface area contributed by atoms with Crippen molar-refractivity contribution < 1.29 is 14.3 Å². The van der Waals surface area contributed by atoms with Gasteiger partial charge in [-0.1, -0.05) is 23.2 Å². The monoisotopic (exact) mass is 380 g/mol. The quantitative estimate of drug-likeness (QED) is 0.688. The first-order valence-electron chi connectivity index (χ1n) is 8.10. The lowest BCUT2D eigenvalue weighted by Gasteiger charge is -2.16. The van der Waals surface area contributed by atoms with Crippen molar-refractivity contribution in [2.45, 2.75) is 38.2 Å². The molecule has 0 aliphatic heterocycles. The van der Waals surface area contributed by atoms with Crippen molar-refractivity contribution in [3.63, 3.8) is 0 Å². The second kappa shape index (κ2) is 8.02. The molecule has 3 rings (SSSR count). The molecule has 2 heterocycles. The van der Waals surface area contributed by atoms with Crippen molar-refractivity contribution in [2.24, 2.45) is 0 Å². The van der Waals surface area contributed by atoms with Crippen LogP contribution in [-0.2, 0) is 6.42 Å². The summed E-state index contributed by atoms with van der Waals surface area (Å²) in [7, 11) is 1.55. The van der Waals surface area contributed by atoms with Crippen molar-refractivity contribution in [3.8, 4) is 11.5 Å². The van der Waals surface area contributed by atoms with Gasteiger partial charge in [-0.25, -0.2) is 4.98 Å². The Morgan fingerprint density at radius 2 is 1.92 bits per heavy atom. The maximum Gasteiger partial charge on any atom is 0.187 e. The van der Waals surface area contributed by atoms with Crippen molar-refractivity contribution in [1.82, 2.24) is 9.97 Å². The van der Waals surface area contributed by atoms with E-state index in [4.69, 9.17) is 32.7 Å². The van der Waals surface area contributed by atoms with Gasteiger partial charge in [0.15, 0.2) is 17.3 Å². The molecule has 25 heavy (non-hydrogen) atoms. The number of pyridine rings is 2. The first-order valence-corrected chi connectivity index (χ1v) is 8.86. The highest BCUT2D eigenvalue weighted by Crippen LogP contribution is 2.32. The molecule has 0 amide bonds. The first kappa shape index (κ1) is 18.0. The van der Waals surface area contributed by atoms with Crippen LogP contribution in [0.3, 0.4) is 0 Å². The van der Waals surface area contributed by atoms with Crippen LogP contribution in [0.15, 0.2) is 24.5 Å². The van der Waals surface area contributed by atoms with Gasteiger partial charge in [0, 0.05) is 12.3 Å². The van der Waals surface area contributed by atoms with Crippen LogP contribution < -0.4 is 9.47 Å². The molecule has 0 saturated heterocycles. The molecule has 1 aliphatic carbocycles. The topological polar surface area (TPSA) is 61.3 Å². The lowest BCUT2D eigenvalue weighted by atomic mass is 10.1. The highest BCUT2D eigenvalue weighted by atomic mass is 35.5. The third kappa shape index (κ3) is 4.41. The highest BCUT2D eigenvalue weighted by molar-refractivity contribution is 6.34. The summed E-state index contributed by atoms with van der Waals surface area (Å²) in [6, 6.07) is 3.19. The third-order valence-corrected chi connectivity index (χ3v) is 4.68. The zero-order valence-electron chi connectivity index (χ0n) is 13.8. The number of hydrogen-bond donors (Lipinski definition) is 0. The Labute approximate surface area is 156 Å². The predicted octanol–water partition coefficient (Wildman–Crippen LogP) is 4.54. The van der Waals surface area contributed by atoms with E-state index in [0.717, 1.165) is 25.7 Å². The largest absolute Gasteiger partial charge is 0.491 e. The maximum atomic E-state index is 12.5. The van der Waals surface area contributed by atoms with Crippen LogP contribution in [0.25, 0.3) is 0 Å². The van der Waals surface area contributed by atoms with E-state index in [2.05, 4.69) is 9.97 Å². The normalized spacial score (nSPS) is 14.5. The number of ketones is 1. The lowest BCUT2D eigenvalue weighted by molar-refractivity contribution is 0.0986. The third-order valence-electron chi connectivity index (χ3n) is 4.15. The van der Waals surface area contributed by atoms with E-state index in [1.54, 1.807) is 19.2 Å². The summed E-state index contributed by atoms with van der Waals surface area (Å²) in [5.74, 6) is 0.865. The van der Waals surface area contributed by atoms with Crippen LogP contribution in [0.2, 0.25) is 10.0 Å². The van der Waals surface area contributed by atoms with Crippen molar-refractivity contribution in [3.05, 3.63) is 46.0 Å². The minimum atomic E-state index is -0.198. The Hall–Kier alpha value is -1.85. The second-order valence-corrected chi connectivity index (χ2v) is 6.77. The van der Waals surface area contributed by atoms with E-state index in [1.807, 2.05) is 0 Å². The number of nitrogens with zero attached hydrogens (tertiary/aromatic N) is 2. The average molecular weight is 381 g/mol. The molecular formula is C18H18Cl2N2O3. The summed E-state index contributed by atoms with van der Waals surface area (Å²) in [4.78, 5) is 20.8. The van der Waals surface area contributed by atoms with Gasteiger partial charge in [0.1, 0.15) is 5.69 Å². The van der Waals surface area contributed by atoms with E-state index in [-0.39, 0.29) is 18.3 Å². The van der Waals surface area contributed by atoms with Gasteiger partial charge in [-0.05, 0) is 31.7 Å². The lowest BCUT2D eigenvalue weighted by Crippen LogP contribution is -2.13. The maximum absolute atomic E-state index is 12.5. The minimum absolute atomic E-state index is 0.0399. The summed E-state index contributed by atoms with van der Waals surface area (Å²) in [5.41, 5.74) is 0.758. The molecule has 2 aromatic heterocycles. The number of ether oxygens (including phenoxy) is 2. The van der Waals surface area contributed by atoms with Crippen molar-refractivity contribution in [2.75, 3.05) is 7.11 Å². The summed E-state index contributed by atoms with van der Waals surface area (Å²) in [6.07, 6.45) is 7.51. The molecule has 132 valence electrons. The van der Waals surface area contributed by atoms with Crippen molar-refractivity contribution in [1.29, 1.82) is 0 Å². The fourth-order valence-corrected chi connectivity index (χ4v) is 3.27. The Morgan fingerprint density at radius 3 is 2.60 bits per heavy atom. The van der Waals surface area contributed by atoms with E-state index in [1.165, 1.54) is 12.4 Å². The van der Waals surface area contributed by atoms with Gasteiger partial charge < -0.3 is 9.47 Å². The van der Waals surface area contributed by atoms with Crippen LogP contribution in [0.5, 0.6) is 11.5 Å². The SMILES string of the molecule is COc1cnc(C(=O)Cc2ncc(Cl)cc2Cl)cc1OC1CCCC1. The van der Waals surface area contributed by atoms with E-state index in [9.17, 15) is 4.79 Å². The zero-order valence-corrected chi connectivity index (χ0v) is 15.3. The zero-order chi connectivity index (χ0) is 17.8. The van der Waals surface area contributed by atoms with E-state index >= 15 is 0 Å². The van der Waals surface area contributed by atoms with Gasteiger partial charge in [-0.2, -0.15) is 0 Å². The average Bonchev–Trinajstić information content (AvgIpc) is 3.10. The molecule has 1 aliphatic rings. The van der Waals surface area contributed by atoms with Gasteiger partial charge in [-0.15, -0.1) is 0 Å². The molecule has 1 saturated carbocycles. The summed E-state index contributed by atoms with van der Waals surface area (Å²) in [6.45, 7) is 0. The Morgan fingerprint density at radius 1 is 1.16 bits per heavy atom. The van der Waals surface area contributed by atoms with E-state index < -0.39 is 0 Å². The Balaban J connectivity index is 1.79. The van der Waals surface area contributed by atoms with Crippen LogP contribution in [0, 0.1) is 0 Å². The number of hydrogen-bond acceptors (Lipinski definition) is 5. The Kier molecular flexibility index (Phi) is 5.76. The second-order valence-electron chi connectivity index (χ2n) is 5.93. The highest BCUT2D eigenvalue weighted by Gasteiger charge is 2.21. The standard InChI is InChI=1S/C18H18Cl2N2O3/c1-24-18-10-22-15(8-17(18)25-12-4-2-3-5-12)16(23)7-14-13(20)6-11(19)9-21-14/h6,8-10,12H,2-5,7H2,1H3. The minimum Gasteiger partial charge on any atom is -0.491 e. The molecule has 0 unspecified atom stereocenters. The molecule has 0 aromatic carbocycles. The molecular weight excluding hydrogens is 363 g/mol. The van der Waals surface area contributed by atoms with Crippen LogP contribution in [0.1, 0.15) is 41.9 Å². The van der Waals surface area contributed by atoms with E-state index in [0.29, 0.717) is 32.9 Å².